The molecule has 102 valence electrons. The zero-order valence-corrected chi connectivity index (χ0v) is 11.9. The van der Waals surface area contributed by atoms with Crippen molar-refractivity contribution in [1.82, 2.24) is 4.57 Å². The van der Waals surface area contributed by atoms with Gasteiger partial charge in [0.15, 0.2) is 0 Å². The van der Waals surface area contributed by atoms with Crippen LogP contribution in [0.3, 0.4) is 0 Å². The minimum Gasteiger partial charge on any atom is -0.496 e. The Kier molecular flexibility index (Phi) is 4.51. The molecule has 0 spiro atoms. The summed E-state index contributed by atoms with van der Waals surface area (Å²) in [5.74, 6) is 0.815. The van der Waals surface area contributed by atoms with E-state index < -0.39 is 6.10 Å². The fourth-order valence-corrected chi connectivity index (χ4v) is 2.25. The number of aromatic nitrogens is 1. The average molecular weight is 280 g/mol. The van der Waals surface area contributed by atoms with Crippen molar-refractivity contribution >= 4 is 11.6 Å². The Morgan fingerprint density at radius 3 is 2.84 bits per heavy atom. The van der Waals surface area contributed by atoms with E-state index in [9.17, 15) is 5.11 Å². The Hall–Kier alpha value is -1.45. The van der Waals surface area contributed by atoms with E-state index in [1.54, 1.807) is 7.11 Å². The van der Waals surface area contributed by atoms with E-state index in [0.29, 0.717) is 18.0 Å². The number of rotatable bonds is 5. The second kappa shape index (κ2) is 6.13. The number of ether oxygens (including phenoxy) is 1. The first-order valence-electron chi connectivity index (χ1n) is 6.30. The van der Waals surface area contributed by atoms with Crippen LogP contribution in [0.5, 0.6) is 5.75 Å². The lowest BCUT2D eigenvalue weighted by Gasteiger charge is -2.10. The molecule has 1 atom stereocenters. The molecule has 0 amide bonds. The van der Waals surface area contributed by atoms with Crippen LogP contribution in [-0.2, 0) is 6.54 Å². The normalized spacial score (nSPS) is 12.4. The van der Waals surface area contributed by atoms with Crippen molar-refractivity contribution in [2.45, 2.75) is 26.0 Å². The molecule has 1 unspecified atom stereocenters. The summed E-state index contributed by atoms with van der Waals surface area (Å²) < 4.78 is 7.34. The maximum atomic E-state index is 9.79. The van der Waals surface area contributed by atoms with Crippen LogP contribution in [-0.4, -0.2) is 16.8 Å². The molecule has 2 rings (SSSR count). The summed E-state index contributed by atoms with van der Waals surface area (Å²) in [5.41, 5.74) is 1.95. The van der Waals surface area contributed by atoms with Crippen LogP contribution in [0.2, 0.25) is 5.02 Å². The van der Waals surface area contributed by atoms with E-state index in [2.05, 4.69) is 0 Å². The van der Waals surface area contributed by atoms with Gasteiger partial charge in [-0.15, -0.1) is 0 Å². The third kappa shape index (κ3) is 3.31. The molecule has 1 aromatic carbocycles. The number of methoxy groups -OCH3 is 1. The molecule has 3 nitrogen and oxygen atoms in total. The van der Waals surface area contributed by atoms with Gasteiger partial charge in [0.1, 0.15) is 5.75 Å². The molecule has 19 heavy (non-hydrogen) atoms. The van der Waals surface area contributed by atoms with Gasteiger partial charge in [0.2, 0.25) is 0 Å². The number of aliphatic hydroxyl groups is 1. The summed E-state index contributed by atoms with van der Waals surface area (Å²) in [7, 11) is 1.65. The van der Waals surface area contributed by atoms with Crippen molar-refractivity contribution in [2.75, 3.05) is 7.11 Å². The largest absolute Gasteiger partial charge is 0.496 e. The van der Waals surface area contributed by atoms with Crippen molar-refractivity contribution in [3.63, 3.8) is 0 Å². The number of benzene rings is 1. The quantitative estimate of drug-likeness (QED) is 0.907. The predicted molar refractivity (Wildman–Crippen MR) is 76.8 cm³/mol. The maximum absolute atomic E-state index is 9.79. The highest BCUT2D eigenvalue weighted by molar-refractivity contribution is 6.30. The summed E-state index contributed by atoms with van der Waals surface area (Å²) in [6.07, 6.45) is 4.22. The molecule has 0 saturated heterocycles. The molecule has 1 N–H and O–H groups in total. The van der Waals surface area contributed by atoms with Gasteiger partial charge < -0.3 is 14.4 Å². The van der Waals surface area contributed by atoms with Crippen molar-refractivity contribution in [3.8, 4) is 5.75 Å². The van der Waals surface area contributed by atoms with Crippen LogP contribution < -0.4 is 4.74 Å². The minimum atomic E-state index is -0.400. The number of halogens is 1. The van der Waals surface area contributed by atoms with Crippen molar-refractivity contribution in [1.29, 1.82) is 0 Å². The van der Waals surface area contributed by atoms with E-state index in [1.165, 1.54) is 0 Å². The number of hydrogen-bond acceptors (Lipinski definition) is 2. The molecule has 1 heterocycles. The molecule has 0 fully saturated rings. The maximum Gasteiger partial charge on any atom is 0.123 e. The zero-order valence-electron chi connectivity index (χ0n) is 11.1. The van der Waals surface area contributed by atoms with Gasteiger partial charge in [-0.1, -0.05) is 18.5 Å². The summed E-state index contributed by atoms with van der Waals surface area (Å²) >= 11 is 6.01. The average Bonchev–Trinajstić information content (AvgIpc) is 2.86. The lowest BCUT2D eigenvalue weighted by Crippen LogP contribution is -2.00. The smallest absolute Gasteiger partial charge is 0.123 e. The van der Waals surface area contributed by atoms with E-state index in [1.807, 2.05) is 48.1 Å². The van der Waals surface area contributed by atoms with E-state index in [-0.39, 0.29) is 0 Å². The highest BCUT2D eigenvalue weighted by Crippen LogP contribution is 2.24. The molecule has 2 aromatic rings. The molecular weight excluding hydrogens is 262 g/mol. The Bertz CT molecular complexity index is 551. The first-order valence-corrected chi connectivity index (χ1v) is 6.68. The van der Waals surface area contributed by atoms with Crippen molar-refractivity contribution in [3.05, 3.63) is 52.8 Å². The van der Waals surface area contributed by atoms with E-state index >= 15 is 0 Å². The molecule has 0 aliphatic carbocycles. The van der Waals surface area contributed by atoms with Crippen LogP contribution in [0.25, 0.3) is 0 Å². The molecule has 1 aromatic heterocycles. The van der Waals surface area contributed by atoms with Gasteiger partial charge in [0, 0.05) is 23.0 Å². The number of nitrogens with zero attached hydrogens (tertiary/aromatic N) is 1. The summed E-state index contributed by atoms with van der Waals surface area (Å²) in [4.78, 5) is 0. The molecule has 0 radical (unpaired) electrons. The highest BCUT2D eigenvalue weighted by atomic mass is 35.5. The summed E-state index contributed by atoms with van der Waals surface area (Å²) in [6, 6.07) is 7.51. The molecule has 0 saturated carbocycles. The standard InChI is InChI=1S/C15H18ClNO2/c1-3-14(18)11-6-7-17(9-11)10-12-8-13(16)4-5-15(12)19-2/h4-9,14,18H,3,10H2,1-2H3. The van der Waals surface area contributed by atoms with Gasteiger partial charge in [-0.25, -0.2) is 0 Å². The van der Waals surface area contributed by atoms with Crippen molar-refractivity contribution < 1.29 is 9.84 Å². The van der Waals surface area contributed by atoms with Gasteiger partial charge in [-0.05, 0) is 36.2 Å². The third-order valence-corrected chi connectivity index (χ3v) is 3.38. The lowest BCUT2D eigenvalue weighted by atomic mass is 10.1. The number of hydrogen-bond donors (Lipinski definition) is 1. The Labute approximate surface area is 118 Å². The van der Waals surface area contributed by atoms with Gasteiger partial charge in [0.25, 0.3) is 0 Å². The van der Waals surface area contributed by atoms with Gasteiger partial charge in [-0.3, -0.25) is 0 Å². The molecule has 0 aliphatic heterocycles. The van der Waals surface area contributed by atoms with Crippen LogP contribution in [0, 0.1) is 0 Å². The summed E-state index contributed by atoms with van der Waals surface area (Å²) in [6.45, 7) is 2.63. The topological polar surface area (TPSA) is 34.4 Å². The Morgan fingerprint density at radius 2 is 2.16 bits per heavy atom. The SMILES string of the molecule is CCC(O)c1ccn(Cc2cc(Cl)ccc2OC)c1. The molecule has 0 aliphatic rings. The Balaban J connectivity index is 2.21. The van der Waals surface area contributed by atoms with Gasteiger partial charge in [0.05, 0.1) is 19.8 Å². The van der Waals surface area contributed by atoms with Crippen LogP contribution in [0.1, 0.15) is 30.6 Å². The van der Waals surface area contributed by atoms with Crippen LogP contribution >= 0.6 is 11.6 Å². The fourth-order valence-electron chi connectivity index (χ4n) is 2.06. The van der Waals surface area contributed by atoms with E-state index in [4.69, 9.17) is 16.3 Å². The summed E-state index contributed by atoms with van der Waals surface area (Å²) in [5, 5.41) is 10.5. The third-order valence-electron chi connectivity index (χ3n) is 3.14. The van der Waals surface area contributed by atoms with Crippen LogP contribution in [0.15, 0.2) is 36.7 Å². The van der Waals surface area contributed by atoms with Crippen molar-refractivity contribution in [2.24, 2.45) is 0 Å². The monoisotopic (exact) mass is 279 g/mol. The molecular formula is C15H18ClNO2. The minimum absolute atomic E-state index is 0.400. The first kappa shape index (κ1) is 14.0. The van der Waals surface area contributed by atoms with E-state index in [0.717, 1.165) is 16.9 Å². The zero-order chi connectivity index (χ0) is 13.8. The molecule has 0 bridgehead atoms. The first-order chi connectivity index (χ1) is 9.13. The lowest BCUT2D eigenvalue weighted by molar-refractivity contribution is 0.173. The number of aliphatic hydroxyl groups excluding tert-OH is 1. The highest BCUT2D eigenvalue weighted by Gasteiger charge is 2.08. The fraction of sp³-hybridized carbons (Fsp3) is 0.333. The Morgan fingerprint density at radius 1 is 1.37 bits per heavy atom. The van der Waals surface area contributed by atoms with Gasteiger partial charge in [-0.2, -0.15) is 0 Å². The predicted octanol–water partition coefficient (Wildman–Crippen LogP) is 3.64. The van der Waals surface area contributed by atoms with Crippen LogP contribution in [0.4, 0.5) is 0 Å². The molecule has 4 heteroatoms. The second-order valence-electron chi connectivity index (χ2n) is 4.50. The second-order valence-corrected chi connectivity index (χ2v) is 4.93. The van der Waals surface area contributed by atoms with Gasteiger partial charge >= 0.3 is 0 Å².